The maximum Gasteiger partial charge on any atom is 0.0305 e. The topological polar surface area (TPSA) is 0 Å². The van der Waals surface area contributed by atoms with E-state index in [0.717, 1.165) is 12.3 Å². The third kappa shape index (κ3) is 30.5. The summed E-state index contributed by atoms with van der Waals surface area (Å²) in [5, 5.41) is 0. The first-order chi connectivity index (χ1) is 15.3. The molecule has 0 fully saturated rings. The van der Waals surface area contributed by atoms with Gasteiger partial charge in [0, 0.05) is 6.42 Å². The molecule has 0 heterocycles. The molecule has 0 aromatic rings. The van der Waals surface area contributed by atoms with Crippen LogP contribution in [0.4, 0.5) is 0 Å². The van der Waals surface area contributed by atoms with E-state index in [1.807, 2.05) is 48.5 Å². The SMILES string of the molecule is C.C#CCC1=C(/C=C\C)CCCC1C.C=C(C)C(C)CC(C)CC.C=CC.CC.CC.CC. The number of rotatable bonds is 6. The molecule has 1 aliphatic rings. The van der Waals surface area contributed by atoms with Crippen LogP contribution >= 0.6 is 0 Å². The molecular weight excluding hydrogens is 396 g/mol. The zero-order valence-electron chi connectivity index (χ0n) is 24.7. The predicted molar refractivity (Wildman–Crippen MR) is 163 cm³/mol. The molecule has 1 rings (SSSR count). The van der Waals surface area contributed by atoms with Gasteiger partial charge in [0.25, 0.3) is 0 Å². The molecule has 0 bridgehead atoms. The lowest BCUT2D eigenvalue weighted by Gasteiger charge is -2.23. The van der Waals surface area contributed by atoms with Gasteiger partial charge in [-0.05, 0) is 69.8 Å². The third-order valence-electron chi connectivity index (χ3n) is 5.05. The molecule has 198 valence electrons. The van der Waals surface area contributed by atoms with E-state index in [1.165, 1.54) is 48.8 Å². The molecule has 0 spiro atoms. The molecule has 33 heavy (non-hydrogen) atoms. The van der Waals surface area contributed by atoms with Crippen molar-refractivity contribution in [3.8, 4) is 12.3 Å². The Morgan fingerprint density at radius 1 is 1.12 bits per heavy atom. The van der Waals surface area contributed by atoms with Crippen LogP contribution in [0.2, 0.25) is 0 Å². The summed E-state index contributed by atoms with van der Waals surface area (Å²) in [6.45, 7) is 34.5. The fraction of sp³-hybridized carbons (Fsp3) is 0.697. The Labute approximate surface area is 214 Å². The van der Waals surface area contributed by atoms with Crippen molar-refractivity contribution in [3.05, 3.63) is 48.1 Å². The first-order valence-corrected chi connectivity index (χ1v) is 13.3. The van der Waals surface area contributed by atoms with Gasteiger partial charge in [-0.25, -0.2) is 0 Å². The van der Waals surface area contributed by atoms with Gasteiger partial charge in [-0.3, -0.25) is 0 Å². The lowest BCUT2D eigenvalue weighted by molar-refractivity contribution is 0.443. The van der Waals surface area contributed by atoms with Crippen LogP contribution in [0, 0.1) is 30.1 Å². The van der Waals surface area contributed by atoms with E-state index in [-0.39, 0.29) is 7.43 Å². The van der Waals surface area contributed by atoms with Gasteiger partial charge in [0.05, 0.1) is 0 Å². The quantitative estimate of drug-likeness (QED) is 0.272. The van der Waals surface area contributed by atoms with E-state index in [9.17, 15) is 0 Å². The van der Waals surface area contributed by atoms with Gasteiger partial charge >= 0.3 is 0 Å². The molecule has 0 radical (unpaired) electrons. The number of allylic oxidation sites excluding steroid dienone is 6. The van der Waals surface area contributed by atoms with Crippen LogP contribution < -0.4 is 0 Å². The molecule has 3 atom stereocenters. The van der Waals surface area contributed by atoms with Crippen LogP contribution in [-0.4, -0.2) is 0 Å². The van der Waals surface area contributed by atoms with Gasteiger partial charge in [0.2, 0.25) is 0 Å². The molecule has 0 N–H and O–H groups in total. The minimum absolute atomic E-state index is 0. The Bertz CT molecular complexity index is 481. The van der Waals surface area contributed by atoms with Crippen molar-refractivity contribution in [3.63, 3.8) is 0 Å². The first kappa shape index (κ1) is 45.1. The maximum atomic E-state index is 5.37. The monoisotopic (exact) mass is 463 g/mol. The second-order valence-electron chi connectivity index (χ2n) is 7.63. The number of hydrogen-bond acceptors (Lipinski definition) is 0. The highest BCUT2D eigenvalue weighted by atomic mass is 14.2. The highest BCUT2D eigenvalue weighted by Crippen LogP contribution is 2.32. The Morgan fingerprint density at radius 2 is 1.58 bits per heavy atom. The minimum atomic E-state index is 0. The summed E-state index contributed by atoms with van der Waals surface area (Å²) >= 11 is 0. The molecule has 0 saturated heterocycles. The predicted octanol–water partition coefficient (Wildman–Crippen LogP) is 12.2. The summed E-state index contributed by atoms with van der Waals surface area (Å²) in [7, 11) is 0. The van der Waals surface area contributed by atoms with Crippen LogP contribution in [0.25, 0.3) is 0 Å². The molecule has 0 aliphatic heterocycles. The number of terminal acetylenes is 1. The van der Waals surface area contributed by atoms with E-state index < -0.39 is 0 Å². The van der Waals surface area contributed by atoms with E-state index >= 15 is 0 Å². The van der Waals surface area contributed by atoms with Crippen LogP contribution in [0.3, 0.4) is 0 Å². The molecule has 1 aliphatic carbocycles. The lowest BCUT2D eigenvalue weighted by atomic mass is 9.82. The Hall–Kier alpha value is -1.48. The molecule has 0 heteroatoms. The summed E-state index contributed by atoms with van der Waals surface area (Å²) in [6, 6.07) is 0. The van der Waals surface area contributed by atoms with Crippen molar-refractivity contribution in [2.24, 2.45) is 17.8 Å². The van der Waals surface area contributed by atoms with Crippen LogP contribution in [0.5, 0.6) is 0 Å². The molecule has 0 aromatic carbocycles. The highest BCUT2D eigenvalue weighted by Gasteiger charge is 2.16. The fourth-order valence-electron chi connectivity index (χ4n) is 3.01. The van der Waals surface area contributed by atoms with E-state index in [4.69, 9.17) is 6.42 Å². The van der Waals surface area contributed by atoms with Gasteiger partial charge in [-0.2, -0.15) is 0 Å². The van der Waals surface area contributed by atoms with E-state index in [0.29, 0.717) is 11.8 Å². The summed E-state index contributed by atoms with van der Waals surface area (Å²) in [5.41, 5.74) is 4.30. The summed E-state index contributed by atoms with van der Waals surface area (Å²) in [4.78, 5) is 0. The highest BCUT2D eigenvalue weighted by molar-refractivity contribution is 5.31. The molecule has 0 saturated carbocycles. The number of hydrogen-bond donors (Lipinski definition) is 0. The Balaban J connectivity index is -0.0000000813. The Morgan fingerprint density at radius 3 is 1.91 bits per heavy atom. The normalized spacial score (nSPS) is 15.2. The van der Waals surface area contributed by atoms with Crippen molar-refractivity contribution < 1.29 is 0 Å². The van der Waals surface area contributed by atoms with E-state index in [2.05, 4.69) is 72.8 Å². The van der Waals surface area contributed by atoms with Crippen molar-refractivity contribution in [1.29, 1.82) is 0 Å². The molecule has 0 aromatic heterocycles. The largest absolute Gasteiger partial charge is 0.120 e. The van der Waals surface area contributed by atoms with Gasteiger partial charge in [-0.1, -0.05) is 119 Å². The second kappa shape index (κ2) is 37.8. The first-order valence-electron chi connectivity index (χ1n) is 13.3. The van der Waals surface area contributed by atoms with Gasteiger partial charge < -0.3 is 0 Å². The lowest BCUT2D eigenvalue weighted by Crippen LogP contribution is -2.08. The van der Waals surface area contributed by atoms with Crippen molar-refractivity contribution >= 4 is 0 Å². The molecular formula is C33H66. The van der Waals surface area contributed by atoms with Gasteiger partial charge in [0.1, 0.15) is 0 Å². The maximum absolute atomic E-state index is 5.37. The molecule has 0 nitrogen and oxygen atoms in total. The van der Waals surface area contributed by atoms with E-state index in [1.54, 1.807) is 6.08 Å². The second-order valence-corrected chi connectivity index (χ2v) is 7.63. The van der Waals surface area contributed by atoms with Crippen molar-refractivity contribution in [2.45, 2.75) is 136 Å². The fourth-order valence-corrected chi connectivity index (χ4v) is 3.01. The van der Waals surface area contributed by atoms with Crippen molar-refractivity contribution in [2.75, 3.05) is 0 Å². The van der Waals surface area contributed by atoms with Crippen LogP contribution in [0.15, 0.2) is 48.1 Å². The smallest absolute Gasteiger partial charge is 0.0305 e. The summed E-state index contributed by atoms with van der Waals surface area (Å²) in [6.07, 6.45) is 18.7. The van der Waals surface area contributed by atoms with Gasteiger partial charge in [0.15, 0.2) is 0 Å². The molecule has 3 unspecified atom stereocenters. The minimum Gasteiger partial charge on any atom is -0.120 e. The zero-order chi connectivity index (χ0) is 26.5. The van der Waals surface area contributed by atoms with Crippen molar-refractivity contribution in [1.82, 2.24) is 0 Å². The summed E-state index contributed by atoms with van der Waals surface area (Å²) in [5.74, 6) is 5.01. The van der Waals surface area contributed by atoms with Gasteiger partial charge in [-0.15, -0.1) is 18.9 Å². The van der Waals surface area contributed by atoms with Crippen LogP contribution in [-0.2, 0) is 0 Å². The average Bonchev–Trinajstić information content (AvgIpc) is 2.81. The molecule has 0 amide bonds. The zero-order valence-corrected chi connectivity index (χ0v) is 24.7. The van der Waals surface area contributed by atoms with Crippen LogP contribution in [0.1, 0.15) is 136 Å². The summed E-state index contributed by atoms with van der Waals surface area (Å²) < 4.78 is 0. The third-order valence-corrected chi connectivity index (χ3v) is 5.05. The standard InChI is InChI=1S/C13H18.C10H20.C3H6.3C2H6.CH4/c1-4-7-12-10-6-9-11(3)13(12)8-5-2;1-6-9(4)7-10(5)8(2)3;1-3-2;3*1-2;/h2,4,7,11H,6,8-10H2,1,3H3;9-10H,2,6-7H2,1,3-5H3;3H,1H2,2H3;3*1-2H3;1H4/b7-4-;;;;;;. The Kier molecular flexibility index (Phi) is 51.7. The average molecular weight is 463 g/mol.